The molecule has 0 bridgehead atoms. The van der Waals surface area contributed by atoms with E-state index in [-0.39, 0.29) is 22.8 Å². The number of phenolic OH excluding ortho intramolecular Hbond substituents is 1. The molecule has 0 aliphatic carbocycles. The van der Waals surface area contributed by atoms with Gasteiger partial charge in [-0.3, -0.25) is 0 Å². The van der Waals surface area contributed by atoms with Gasteiger partial charge in [0.1, 0.15) is 5.75 Å². The Morgan fingerprint density at radius 1 is 1.53 bits per heavy atom. The van der Waals surface area contributed by atoms with Crippen molar-refractivity contribution >= 4 is 11.6 Å². The van der Waals surface area contributed by atoms with Gasteiger partial charge in [0.15, 0.2) is 0 Å². The van der Waals surface area contributed by atoms with Gasteiger partial charge >= 0.3 is 0 Å². The molecule has 0 aliphatic heterocycles. The van der Waals surface area contributed by atoms with Crippen molar-refractivity contribution in [1.82, 2.24) is 0 Å². The molecule has 0 heterocycles. The molecule has 5 heteroatoms. The van der Waals surface area contributed by atoms with Gasteiger partial charge in [-0.2, -0.15) is 0 Å². The molecule has 3 N–H and O–H groups in total. The van der Waals surface area contributed by atoms with Crippen molar-refractivity contribution in [1.29, 1.82) is 0 Å². The van der Waals surface area contributed by atoms with Crippen LogP contribution in [0.2, 0.25) is 5.02 Å². The van der Waals surface area contributed by atoms with Crippen LogP contribution in [0.4, 0.5) is 8.78 Å². The van der Waals surface area contributed by atoms with Crippen molar-refractivity contribution in [2.24, 2.45) is 5.73 Å². The summed E-state index contributed by atoms with van der Waals surface area (Å²) in [5.41, 5.74) is 3.97. The average molecular weight is 236 g/mol. The lowest BCUT2D eigenvalue weighted by atomic mass is 9.94. The van der Waals surface area contributed by atoms with Gasteiger partial charge in [0.25, 0.3) is 6.43 Å². The van der Waals surface area contributed by atoms with Crippen molar-refractivity contribution < 1.29 is 13.9 Å². The summed E-state index contributed by atoms with van der Waals surface area (Å²) in [5, 5.41) is 9.69. The van der Waals surface area contributed by atoms with Crippen LogP contribution in [0.25, 0.3) is 0 Å². The minimum atomic E-state index is -2.67. The molecule has 0 aromatic heterocycles. The fraction of sp³-hybridized carbons (Fsp3) is 0.400. The van der Waals surface area contributed by atoms with Crippen molar-refractivity contribution in [2.45, 2.75) is 25.3 Å². The van der Waals surface area contributed by atoms with Crippen molar-refractivity contribution in [3.8, 4) is 5.75 Å². The normalized spacial score (nSPS) is 15.3. The Bertz CT molecular complexity index is 335. The minimum Gasteiger partial charge on any atom is -0.508 e. The maximum Gasteiger partial charge on any atom is 0.256 e. The molecule has 1 aromatic carbocycles. The zero-order chi connectivity index (χ0) is 11.6. The van der Waals surface area contributed by atoms with Crippen molar-refractivity contribution in [2.75, 3.05) is 0 Å². The van der Waals surface area contributed by atoms with E-state index in [1.807, 2.05) is 0 Å². The molecule has 84 valence electrons. The molecule has 0 fully saturated rings. The van der Waals surface area contributed by atoms with E-state index < -0.39 is 12.0 Å². The Morgan fingerprint density at radius 2 is 2.13 bits per heavy atom. The maximum absolute atomic E-state index is 12.5. The number of rotatable bonds is 3. The van der Waals surface area contributed by atoms with Gasteiger partial charge in [-0.1, -0.05) is 17.7 Å². The molecule has 1 atom stereocenters. The lowest BCUT2D eigenvalue weighted by Gasteiger charge is -2.24. The molecule has 0 amide bonds. The predicted molar refractivity (Wildman–Crippen MR) is 55.4 cm³/mol. The number of phenols is 1. The zero-order valence-electron chi connectivity index (χ0n) is 8.17. The highest BCUT2D eigenvalue weighted by atomic mass is 35.5. The lowest BCUT2D eigenvalue weighted by Crippen LogP contribution is -2.45. The topological polar surface area (TPSA) is 46.2 Å². The fourth-order valence-electron chi connectivity index (χ4n) is 1.18. The lowest BCUT2D eigenvalue weighted by molar-refractivity contribution is 0.0636. The molecule has 15 heavy (non-hydrogen) atoms. The molecule has 0 saturated heterocycles. The standard InChI is InChI=1S/C10H12ClF2NO/c1-10(14,9(12)13)5-6-7(11)3-2-4-8(6)15/h2-4,9,15H,5,14H2,1H3. The first kappa shape index (κ1) is 12.2. The molecule has 0 aliphatic rings. The van der Waals surface area contributed by atoms with Gasteiger partial charge in [0, 0.05) is 17.0 Å². The second-order valence-corrected chi connectivity index (χ2v) is 4.13. The Morgan fingerprint density at radius 3 is 2.60 bits per heavy atom. The van der Waals surface area contributed by atoms with E-state index in [1.165, 1.54) is 25.1 Å². The highest BCUT2D eigenvalue weighted by molar-refractivity contribution is 6.31. The third kappa shape index (κ3) is 2.79. The molecular formula is C10H12ClF2NO. The maximum atomic E-state index is 12.5. The van der Waals surface area contributed by atoms with Gasteiger partial charge < -0.3 is 10.8 Å². The van der Waals surface area contributed by atoms with E-state index in [2.05, 4.69) is 0 Å². The summed E-state index contributed by atoms with van der Waals surface area (Å²) in [5.74, 6) is -0.111. The van der Waals surface area contributed by atoms with Crippen LogP contribution in [0, 0.1) is 0 Å². The molecule has 2 nitrogen and oxygen atoms in total. The summed E-state index contributed by atoms with van der Waals surface area (Å²) in [6, 6.07) is 4.46. The van der Waals surface area contributed by atoms with Crippen LogP contribution in [0.3, 0.4) is 0 Å². The smallest absolute Gasteiger partial charge is 0.256 e. The second kappa shape index (κ2) is 4.33. The third-order valence-electron chi connectivity index (χ3n) is 2.15. The van der Waals surface area contributed by atoms with E-state index in [9.17, 15) is 13.9 Å². The average Bonchev–Trinajstić information content (AvgIpc) is 2.11. The first-order valence-electron chi connectivity index (χ1n) is 4.38. The largest absolute Gasteiger partial charge is 0.508 e. The number of nitrogens with two attached hydrogens (primary N) is 1. The Kier molecular flexibility index (Phi) is 3.52. The molecule has 0 spiro atoms. The number of aromatic hydroxyl groups is 1. The summed E-state index contributed by atoms with van der Waals surface area (Å²) in [7, 11) is 0. The first-order valence-corrected chi connectivity index (χ1v) is 4.76. The SMILES string of the molecule is CC(N)(Cc1c(O)cccc1Cl)C(F)F. The zero-order valence-corrected chi connectivity index (χ0v) is 8.93. The summed E-state index contributed by atoms with van der Waals surface area (Å²) in [6.07, 6.45) is -2.84. The molecule has 1 unspecified atom stereocenters. The number of halogens is 3. The molecular weight excluding hydrogens is 224 g/mol. The van der Waals surface area contributed by atoms with Crippen LogP contribution in [-0.4, -0.2) is 17.1 Å². The van der Waals surface area contributed by atoms with Gasteiger partial charge in [-0.15, -0.1) is 0 Å². The summed E-state index contributed by atoms with van der Waals surface area (Å²) in [6.45, 7) is 1.22. The number of alkyl halides is 2. The third-order valence-corrected chi connectivity index (χ3v) is 2.50. The van der Waals surface area contributed by atoms with Gasteiger partial charge in [0.05, 0.1) is 5.54 Å². The predicted octanol–water partition coefficient (Wildman–Crippen LogP) is 2.57. The second-order valence-electron chi connectivity index (χ2n) is 3.72. The molecule has 0 saturated carbocycles. The van der Waals surface area contributed by atoms with Crippen LogP contribution in [0.15, 0.2) is 18.2 Å². The van der Waals surface area contributed by atoms with Crippen molar-refractivity contribution in [3.63, 3.8) is 0 Å². The van der Waals surface area contributed by atoms with E-state index >= 15 is 0 Å². The fourth-order valence-corrected chi connectivity index (χ4v) is 1.42. The molecule has 0 radical (unpaired) electrons. The van der Waals surface area contributed by atoms with E-state index in [4.69, 9.17) is 17.3 Å². The molecule has 1 aromatic rings. The van der Waals surface area contributed by atoms with Crippen LogP contribution < -0.4 is 5.73 Å². The van der Waals surface area contributed by atoms with Crippen LogP contribution in [0.1, 0.15) is 12.5 Å². The summed E-state index contributed by atoms with van der Waals surface area (Å²) >= 11 is 5.78. The Balaban J connectivity index is 2.99. The van der Waals surface area contributed by atoms with Crippen LogP contribution >= 0.6 is 11.6 Å². The summed E-state index contributed by atoms with van der Waals surface area (Å²) < 4.78 is 25.0. The number of hydrogen-bond acceptors (Lipinski definition) is 2. The van der Waals surface area contributed by atoms with E-state index in [0.717, 1.165) is 0 Å². The molecule has 1 rings (SSSR count). The van der Waals surface area contributed by atoms with E-state index in [1.54, 1.807) is 0 Å². The number of hydrogen-bond donors (Lipinski definition) is 2. The Hall–Kier alpha value is -0.870. The van der Waals surface area contributed by atoms with E-state index in [0.29, 0.717) is 0 Å². The minimum absolute atomic E-state index is 0.111. The highest BCUT2D eigenvalue weighted by Gasteiger charge is 2.32. The van der Waals surface area contributed by atoms with Crippen molar-refractivity contribution in [3.05, 3.63) is 28.8 Å². The quantitative estimate of drug-likeness (QED) is 0.846. The highest BCUT2D eigenvalue weighted by Crippen LogP contribution is 2.30. The van der Waals surface area contributed by atoms with Gasteiger partial charge in [-0.05, 0) is 19.1 Å². The van der Waals surface area contributed by atoms with Gasteiger partial charge in [-0.25, -0.2) is 8.78 Å². The summed E-state index contributed by atoms with van der Waals surface area (Å²) in [4.78, 5) is 0. The van der Waals surface area contributed by atoms with Crippen LogP contribution in [-0.2, 0) is 6.42 Å². The number of benzene rings is 1. The first-order chi connectivity index (χ1) is 6.84. The monoisotopic (exact) mass is 235 g/mol. The van der Waals surface area contributed by atoms with Crippen LogP contribution in [0.5, 0.6) is 5.75 Å². The van der Waals surface area contributed by atoms with Gasteiger partial charge in [0.2, 0.25) is 0 Å². The Labute approximate surface area is 91.7 Å².